The average molecular weight is 588 g/mol. The third kappa shape index (κ3) is 4.29. The quantitative estimate of drug-likeness (QED) is 0.196. The topological polar surface area (TPSA) is 18.1 Å². The van der Waals surface area contributed by atoms with Crippen LogP contribution < -0.4 is 0 Å². The molecule has 0 spiro atoms. The number of nitrogens with zero attached hydrogens (tertiary/aromatic N) is 1. The lowest BCUT2D eigenvalue weighted by atomic mass is 9.90. The fourth-order valence-electron chi connectivity index (χ4n) is 7.04. The van der Waals surface area contributed by atoms with Crippen LogP contribution in [0.3, 0.4) is 0 Å². The maximum absolute atomic E-state index is 7.06. The molecular formula is C44H29NO. The number of benzene rings is 5. The van der Waals surface area contributed by atoms with Crippen molar-refractivity contribution >= 4 is 27.9 Å². The van der Waals surface area contributed by atoms with Crippen LogP contribution in [0.1, 0.15) is 17.5 Å². The van der Waals surface area contributed by atoms with Crippen LogP contribution in [0, 0.1) is 12.1 Å². The largest absolute Gasteiger partial charge is 0.455 e. The number of fused-ring (bicyclic) bond motifs is 4. The Morgan fingerprint density at radius 3 is 2.11 bits per heavy atom. The van der Waals surface area contributed by atoms with Crippen molar-refractivity contribution in [2.24, 2.45) is 0 Å². The second kappa shape index (κ2) is 10.8. The Bertz CT molecular complexity index is 2350. The first kappa shape index (κ1) is 26.4. The SMILES string of the molecule is c1cccc(-c2ccc(-n3c4ccccc4c4ccccc43)cc2-c2oc(-c3cccc(-c4ccccc4)c3)c3c2CCC=C3)c#1. The molecule has 2 heteroatoms. The first-order valence-electron chi connectivity index (χ1n) is 15.8. The average Bonchev–Trinajstić information content (AvgIpc) is 3.69. The number of hydrogen-bond donors (Lipinski definition) is 0. The van der Waals surface area contributed by atoms with E-state index in [9.17, 15) is 0 Å². The Hall–Kier alpha value is -6.04. The van der Waals surface area contributed by atoms with Gasteiger partial charge in [0.1, 0.15) is 11.5 Å². The zero-order valence-corrected chi connectivity index (χ0v) is 25.2. The molecular weight excluding hydrogens is 558 g/mol. The van der Waals surface area contributed by atoms with E-state index in [4.69, 9.17) is 4.42 Å². The summed E-state index contributed by atoms with van der Waals surface area (Å²) in [5.74, 6) is 1.84. The highest BCUT2D eigenvalue weighted by molar-refractivity contribution is 6.09. The summed E-state index contributed by atoms with van der Waals surface area (Å²) in [5.41, 5.74) is 12.5. The van der Waals surface area contributed by atoms with E-state index in [1.54, 1.807) is 0 Å². The maximum Gasteiger partial charge on any atom is 0.142 e. The number of aromatic nitrogens is 1. The first-order valence-corrected chi connectivity index (χ1v) is 15.8. The van der Waals surface area contributed by atoms with Crippen molar-refractivity contribution in [3.8, 4) is 50.6 Å². The fourth-order valence-corrected chi connectivity index (χ4v) is 7.04. The predicted octanol–water partition coefficient (Wildman–Crippen LogP) is 11.6. The van der Waals surface area contributed by atoms with Crippen molar-refractivity contribution in [1.82, 2.24) is 4.57 Å². The van der Waals surface area contributed by atoms with E-state index >= 15 is 0 Å². The fraction of sp³-hybridized carbons (Fsp3) is 0.0455. The van der Waals surface area contributed by atoms with Gasteiger partial charge in [0.25, 0.3) is 0 Å². The molecule has 0 N–H and O–H groups in total. The summed E-state index contributed by atoms with van der Waals surface area (Å²) in [6.45, 7) is 0. The van der Waals surface area contributed by atoms with Gasteiger partial charge in [-0.05, 0) is 66.4 Å². The van der Waals surface area contributed by atoms with Crippen molar-refractivity contribution in [3.63, 3.8) is 0 Å². The lowest BCUT2D eigenvalue weighted by Gasteiger charge is -2.14. The Balaban J connectivity index is 1.29. The molecule has 0 aliphatic heterocycles. The lowest BCUT2D eigenvalue weighted by Crippen LogP contribution is -1.97. The van der Waals surface area contributed by atoms with Gasteiger partial charge in [0.05, 0.1) is 11.0 Å². The minimum Gasteiger partial charge on any atom is -0.455 e. The summed E-state index contributed by atoms with van der Waals surface area (Å²) in [6, 6.07) is 55.9. The predicted molar refractivity (Wildman–Crippen MR) is 190 cm³/mol. The van der Waals surface area contributed by atoms with Crippen LogP contribution in [0.15, 0.2) is 150 Å². The standard InChI is InChI=1S/C44H29NO/c1-3-14-30(15-4-1)32-18-13-19-33(28-32)43-38-22-7-8-23-39(38)44(46-43)40-29-34(26-27-35(40)31-16-5-2-6-17-31)45-41-24-11-9-20-36(41)37-21-10-12-25-42(37)45/h1-5,7,9-16,18-22,24-29H,8,23H2. The highest BCUT2D eigenvalue weighted by atomic mass is 16.3. The van der Waals surface area contributed by atoms with Crippen LogP contribution in [0.2, 0.25) is 0 Å². The van der Waals surface area contributed by atoms with Gasteiger partial charge in [-0.3, -0.25) is 0 Å². The zero-order valence-electron chi connectivity index (χ0n) is 25.2. The molecule has 6 aromatic carbocycles. The van der Waals surface area contributed by atoms with Crippen molar-refractivity contribution in [1.29, 1.82) is 0 Å². The van der Waals surface area contributed by atoms with Gasteiger partial charge >= 0.3 is 0 Å². The monoisotopic (exact) mass is 587 g/mol. The molecule has 0 fully saturated rings. The minimum absolute atomic E-state index is 0.913. The molecule has 0 saturated heterocycles. The van der Waals surface area contributed by atoms with Gasteiger partial charge in [-0.25, -0.2) is 0 Å². The number of hydrogen-bond acceptors (Lipinski definition) is 1. The van der Waals surface area contributed by atoms with E-state index in [-0.39, 0.29) is 0 Å². The lowest BCUT2D eigenvalue weighted by molar-refractivity contribution is 0.594. The number of furan rings is 1. The Labute approximate surface area is 268 Å². The van der Waals surface area contributed by atoms with Crippen molar-refractivity contribution in [3.05, 3.63) is 169 Å². The molecule has 2 aromatic heterocycles. The van der Waals surface area contributed by atoms with Crippen LogP contribution in [-0.4, -0.2) is 4.57 Å². The molecule has 1 aliphatic rings. The smallest absolute Gasteiger partial charge is 0.142 e. The Morgan fingerprint density at radius 1 is 0.587 bits per heavy atom. The van der Waals surface area contributed by atoms with Gasteiger partial charge in [0, 0.05) is 49.8 Å². The van der Waals surface area contributed by atoms with E-state index in [0.717, 1.165) is 52.3 Å². The molecule has 0 unspecified atom stereocenters. The van der Waals surface area contributed by atoms with Crippen molar-refractivity contribution < 1.29 is 4.42 Å². The highest BCUT2D eigenvalue weighted by Crippen LogP contribution is 2.45. The van der Waals surface area contributed by atoms with Gasteiger partial charge in [-0.15, -0.1) is 0 Å². The van der Waals surface area contributed by atoms with Gasteiger partial charge in [0.2, 0.25) is 0 Å². The third-order valence-electron chi connectivity index (χ3n) is 9.15. The molecule has 0 bridgehead atoms. The van der Waals surface area contributed by atoms with Gasteiger partial charge < -0.3 is 8.98 Å². The second-order valence-electron chi connectivity index (χ2n) is 11.8. The summed E-state index contributed by atoms with van der Waals surface area (Å²) in [6.07, 6.45) is 6.42. The van der Waals surface area contributed by atoms with Crippen LogP contribution in [0.25, 0.3) is 78.5 Å². The molecule has 216 valence electrons. The molecule has 46 heavy (non-hydrogen) atoms. The zero-order chi connectivity index (χ0) is 30.5. The first-order chi connectivity index (χ1) is 22.8. The highest BCUT2D eigenvalue weighted by Gasteiger charge is 2.25. The number of para-hydroxylation sites is 2. The summed E-state index contributed by atoms with van der Waals surface area (Å²) in [4.78, 5) is 0. The molecule has 0 saturated carbocycles. The third-order valence-corrected chi connectivity index (χ3v) is 9.15. The van der Waals surface area contributed by atoms with E-state index in [1.807, 2.05) is 12.1 Å². The van der Waals surface area contributed by atoms with E-state index < -0.39 is 0 Å². The number of allylic oxidation sites excluding steroid dienone is 1. The van der Waals surface area contributed by atoms with E-state index in [0.29, 0.717) is 0 Å². The molecule has 2 nitrogen and oxygen atoms in total. The van der Waals surface area contributed by atoms with Crippen molar-refractivity contribution in [2.45, 2.75) is 12.8 Å². The number of rotatable bonds is 5. The molecule has 8 aromatic rings. The molecule has 0 atom stereocenters. The van der Waals surface area contributed by atoms with E-state index in [1.165, 1.54) is 44.1 Å². The van der Waals surface area contributed by atoms with Gasteiger partial charge in [-0.1, -0.05) is 121 Å². The summed E-state index contributed by atoms with van der Waals surface area (Å²) in [7, 11) is 0. The normalized spacial score (nSPS) is 12.3. The summed E-state index contributed by atoms with van der Waals surface area (Å²) >= 11 is 0. The molecule has 9 rings (SSSR count). The minimum atomic E-state index is 0.913. The Kier molecular flexibility index (Phi) is 6.21. The van der Waals surface area contributed by atoms with Crippen LogP contribution >= 0.6 is 0 Å². The van der Waals surface area contributed by atoms with Crippen LogP contribution in [0.4, 0.5) is 0 Å². The maximum atomic E-state index is 7.06. The van der Waals surface area contributed by atoms with E-state index in [2.05, 4.69) is 156 Å². The summed E-state index contributed by atoms with van der Waals surface area (Å²) < 4.78 is 9.43. The van der Waals surface area contributed by atoms with Crippen LogP contribution in [-0.2, 0) is 6.42 Å². The summed E-state index contributed by atoms with van der Waals surface area (Å²) in [5, 5.41) is 2.49. The molecule has 2 heterocycles. The van der Waals surface area contributed by atoms with Crippen LogP contribution in [0.5, 0.6) is 0 Å². The molecule has 0 radical (unpaired) electrons. The van der Waals surface area contributed by atoms with Gasteiger partial charge in [0.15, 0.2) is 0 Å². The Morgan fingerprint density at radius 2 is 1.33 bits per heavy atom. The van der Waals surface area contributed by atoms with Crippen molar-refractivity contribution in [2.75, 3.05) is 0 Å². The van der Waals surface area contributed by atoms with Gasteiger partial charge in [-0.2, -0.15) is 0 Å². The molecule has 0 amide bonds. The second-order valence-corrected chi connectivity index (χ2v) is 11.8. The molecule has 1 aliphatic carbocycles.